The Bertz CT molecular complexity index is 462. The van der Waals surface area contributed by atoms with Gasteiger partial charge < -0.3 is 15.0 Å². The van der Waals surface area contributed by atoms with Gasteiger partial charge in [-0.2, -0.15) is 0 Å². The molecular weight excluding hydrogens is 288 g/mol. The van der Waals surface area contributed by atoms with Crippen LogP contribution in [0.3, 0.4) is 0 Å². The van der Waals surface area contributed by atoms with E-state index in [0.29, 0.717) is 30.4 Å². The molecule has 1 aromatic carbocycles. The number of ether oxygens (including phenoxy) is 1. The summed E-state index contributed by atoms with van der Waals surface area (Å²) in [4.78, 5) is 14.0. The summed E-state index contributed by atoms with van der Waals surface area (Å²) in [7, 11) is 0. The zero-order valence-corrected chi connectivity index (χ0v) is 14.0. The molecule has 0 bridgehead atoms. The van der Waals surface area contributed by atoms with Crippen molar-refractivity contribution in [2.45, 2.75) is 40.3 Å². The van der Waals surface area contributed by atoms with E-state index in [-0.39, 0.29) is 5.91 Å². The Hall–Kier alpha value is -1.26. The number of carbonyl (C=O) groups is 1. The molecular formula is C16H25ClN2O2. The minimum Gasteiger partial charge on any atom is -0.479 e. The summed E-state index contributed by atoms with van der Waals surface area (Å²) in [6.45, 7) is 10.6. The highest BCUT2D eigenvalue weighted by Crippen LogP contribution is 2.29. The summed E-state index contributed by atoms with van der Waals surface area (Å²) in [6, 6.07) is 5.62. The molecule has 0 saturated heterocycles. The third kappa shape index (κ3) is 4.90. The van der Waals surface area contributed by atoms with Crippen molar-refractivity contribution >= 4 is 17.5 Å². The molecule has 1 aromatic rings. The summed E-state index contributed by atoms with van der Waals surface area (Å²) < 4.78 is 5.86. The zero-order chi connectivity index (χ0) is 15.8. The van der Waals surface area contributed by atoms with Crippen LogP contribution in [0.1, 0.15) is 33.3 Å². The van der Waals surface area contributed by atoms with Gasteiger partial charge in [0.15, 0.2) is 6.10 Å². The third-order valence-corrected chi connectivity index (χ3v) is 3.63. The van der Waals surface area contributed by atoms with Crippen LogP contribution in [0.25, 0.3) is 0 Å². The molecule has 118 valence electrons. The smallest absolute Gasteiger partial charge is 0.263 e. The minimum atomic E-state index is -0.551. The SMILES string of the molecule is CCNCc1cccc(Cl)c1OC(C)C(=O)N(CC)CC. The summed E-state index contributed by atoms with van der Waals surface area (Å²) in [5.41, 5.74) is 0.962. The maximum absolute atomic E-state index is 12.3. The van der Waals surface area contributed by atoms with Crippen LogP contribution in [-0.2, 0) is 11.3 Å². The largest absolute Gasteiger partial charge is 0.479 e. The fourth-order valence-corrected chi connectivity index (χ4v) is 2.34. The predicted octanol–water partition coefficient (Wildman–Crippen LogP) is 3.09. The lowest BCUT2D eigenvalue weighted by atomic mass is 10.2. The molecule has 1 atom stereocenters. The van der Waals surface area contributed by atoms with Gasteiger partial charge in [-0.05, 0) is 33.4 Å². The van der Waals surface area contributed by atoms with Crippen molar-refractivity contribution in [3.8, 4) is 5.75 Å². The second kappa shape index (κ2) is 8.90. The molecule has 0 aliphatic rings. The number of benzene rings is 1. The number of carbonyl (C=O) groups excluding carboxylic acids is 1. The molecule has 21 heavy (non-hydrogen) atoms. The Balaban J connectivity index is 2.88. The minimum absolute atomic E-state index is 0.0191. The van der Waals surface area contributed by atoms with Crippen molar-refractivity contribution in [2.75, 3.05) is 19.6 Å². The monoisotopic (exact) mass is 312 g/mol. The number of amides is 1. The van der Waals surface area contributed by atoms with Crippen LogP contribution in [0.4, 0.5) is 0 Å². The van der Waals surface area contributed by atoms with E-state index >= 15 is 0 Å². The lowest BCUT2D eigenvalue weighted by molar-refractivity contribution is -0.137. The van der Waals surface area contributed by atoms with Crippen molar-refractivity contribution in [1.82, 2.24) is 10.2 Å². The van der Waals surface area contributed by atoms with Crippen LogP contribution in [0, 0.1) is 0 Å². The number of halogens is 1. The topological polar surface area (TPSA) is 41.6 Å². The van der Waals surface area contributed by atoms with Crippen molar-refractivity contribution in [1.29, 1.82) is 0 Å². The lowest BCUT2D eigenvalue weighted by Gasteiger charge is -2.24. The van der Waals surface area contributed by atoms with Crippen molar-refractivity contribution in [3.05, 3.63) is 28.8 Å². The van der Waals surface area contributed by atoms with Gasteiger partial charge in [-0.1, -0.05) is 30.7 Å². The van der Waals surface area contributed by atoms with Crippen LogP contribution in [-0.4, -0.2) is 36.5 Å². The molecule has 1 unspecified atom stereocenters. The molecule has 1 rings (SSSR count). The first-order valence-electron chi connectivity index (χ1n) is 7.48. The normalized spacial score (nSPS) is 12.0. The molecule has 0 aliphatic heterocycles. The van der Waals surface area contributed by atoms with E-state index in [4.69, 9.17) is 16.3 Å². The summed E-state index contributed by atoms with van der Waals surface area (Å²) in [6.07, 6.45) is -0.551. The van der Waals surface area contributed by atoms with Gasteiger partial charge in [0.05, 0.1) is 5.02 Å². The molecule has 1 amide bonds. The van der Waals surface area contributed by atoms with E-state index in [1.54, 1.807) is 17.9 Å². The molecule has 0 radical (unpaired) electrons. The lowest BCUT2D eigenvalue weighted by Crippen LogP contribution is -2.40. The van der Waals surface area contributed by atoms with Crippen LogP contribution in [0.2, 0.25) is 5.02 Å². The average molecular weight is 313 g/mol. The molecule has 0 heterocycles. The first-order chi connectivity index (χ1) is 10.0. The Kier molecular flexibility index (Phi) is 7.54. The van der Waals surface area contributed by atoms with E-state index in [1.807, 2.05) is 32.9 Å². The van der Waals surface area contributed by atoms with E-state index in [0.717, 1.165) is 12.1 Å². The van der Waals surface area contributed by atoms with Crippen LogP contribution >= 0.6 is 11.6 Å². The van der Waals surface area contributed by atoms with Gasteiger partial charge in [-0.15, -0.1) is 0 Å². The van der Waals surface area contributed by atoms with E-state index in [1.165, 1.54) is 0 Å². The van der Waals surface area contributed by atoms with Gasteiger partial charge in [-0.25, -0.2) is 0 Å². The molecule has 0 aliphatic carbocycles. The predicted molar refractivity (Wildman–Crippen MR) is 86.9 cm³/mol. The number of nitrogens with one attached hydrogen (secondary N) is 1. The van der Waals surface area contributed by atoms with Gasteiger partial charge in [0, 0.05) is 25.2 Å². The molecule has 5 heteroatoms. The van der Waals surface area contributed by atoms with E-state index in [2.05, 4.69) is 5.32 Å². The Morgan fingerprint density at radius 3 is 2.57 bits per heavy atom. The molecule has 0 saturated carbocycles. The van der Waals surface area contributed by atoms with Gasteiger partial charge in [0.1, 0.15) is 5.75 Å². The molecule has 1 N–H and O–H groups in total. The Labute approximate surface area is 132 Å². The number of likely N-dealkylation sites (N-methyl/N-ethyl adjacent to an activating group) is 1. The third-order valence-electron chi connectivity index (χ3n) is 3.33. The second-order valence-corrected chi connectivity index (χ2v) is 5.19. The summed E-state index contributed by atoms with van der Waals surface area (Å²) in [5, 5.41) is 3.78. The molecule has 0 spiro atoms. The van der Waals surface area contributed by atoms with E-state index < -0.39 is 6.10 Å². The fourth-order valence-electron chi connectivity index (χ4n) is 2.10. The number of nitrogens with zero attached hydrogens (tertiary/aromatic N) is 1. The molecule has 4 nitrogen and oxygen atoms in total. The number of rotatable bonds is 8. The van der Waals surface area contributed by atoms with Gasteiger partial charge >= 0.3 is 0 Å². The van der Waals surface area contributed by atoms with E-state index in [9.17, 15) is 4.79 Å². The van der Waals surface area contributed by atoms with Crippen molar-refractivity contribution in [2.24, 2.45) is 0 Å². The highest BCUT2D eigenvalue weighted by atomic mass is 35.5. The quantitative estimate of drug-likeness (QED) is 0.802. The van der Waals surface area contributed by atoms with Crippen LogP contribution < -0.4 is 10.1 Å². The number of hydrogen-bond acceptors (Lipinski definition) is 3. The van der Waals surface area contributed by atoms with Crippen LogP contribution in [0.5, 0.6) is 5.75 Å². The van der Waals surface area contributed by atoms with Gasteiger partial charge in [-0.3, -0.25) is 4.79 Å². The van der Waals surface area contributed by atoms with Gasteiger partial charge in [0.2, 0.25) is 0 Å². The fraction of sp³-hybridized carbons (Fsp3) is 0.562. The van der Waals surface area contributed by atoms with Crippen molar-refractivity contribution in [3.63, 3.8) is 0 Å². The maximum atomic E-state index is 12.3. The maximum Gasteiger partial charge on any atom is 0.263 e. The molecule has 0 fully saturated rings. The second-order valence-electron chi connectivity index (χ2n) is 4.78. The highest BCUT2D eigenvalue weighted by Gasteiger charge is 2.21. The standard InChI is InChI=1S/C16H25ClN2O2/c1-5-18-11-13-9-8-10-14(17)15(13)21-12(4)16(20)19(6-2)7-3/h8-10,12,18H,5-7,11H2,1-4H3. The average Bonchev–Trinajstić information content (AvgIpc) is 2.48. The first-order valence-corrected chi connectivity index (χ1v) is 7.86. The molecule has 0 aromatic heterocycles. The van der Waals surface area contributed by atoms with Gasteiger partial charge in [0.25, 0.3) is 5.91 Å². The summed E-state index contributed by atoms with van der Waals surface area (Å²) in [5.74, 6) is 0.572. The first kappa shape index (κ1) is 17.8. The Morgan fingerprint density at radius 2 is 2.00 bits per heavy atom. The van der Waals surface area contributed by atoms with Crippen LogP contribution in [0.15, 0.2) is 18.2 Å². The highest BCUT2D eigenvalue weighted by molar-refractivity contribution is 6.32. The zero-order valence-electron chi connectivity index (χ0n) is 13.3. The Morgan fingerprint density at radius 1 is 1.33 bits per heavy atom. The number of hydrogen-bond donors (Lipinski definition) is 1. The van der Waals surface area contributed by atoms with Crippen molar-refractivity contribution < 1.29 is 9.53 Å². The number of para-hydroxylation sites is 1. The summed E-state index contributed by atoms with van der Waals surface area (Å²) >= 11 is 6.23.